The van der Waals surface area contributed by atoms with Crippen molar-refractivity contribution in [3.8, 4) is 5.75 Å². The van der Waals surface area contributed by atoms with Gasteiger partial charge in [0.2, 0.25) is 0 Å². The van der Waals surface area contributed by atoms with Gasteiger partial charge in [0.15, 0.2) is 0 Å². The van der Waals surface area contributed by atoms with Crippen LogP contribution in [-0.4, -0.2) is 25.7 Å². The molecule has 0 unspecified atom stereocenters. The summed E-state index contributed by atoms with van der Waals surface area (Å²) in [6, 6.07) is 24.7. The minimum atomic E-state index is -0.934. The molecular weight excluding hydrogens is 435 g/mol. The maximum Gasteiger partial charge on any atom is 1.00 e. The van der Waals surface area contributed by atoms with Crippen molar-refractivity contribution in [2.24, 2.45) is 5.92 Å². The summed E-state index contributed by atoms with van der Waals surface area (Å²) < 4.78 is 5.92. The van der Waals surface area contributed by atoms with E-state index < -0.39 is 5.97 Å². The summed E-state index contributed by atoms with van der Waals surface area (Å²) in [5.74, 6) is -0.227. The molecule has 2 aliphatic rings. The number of fused-ring (bicyclic) bond motifs is 1. The molecule has 170 valence electrons. The second-order valence-corrected chi connectivity index (χ2v) is 8.91. The van der Waals surface area contributed by atoms with Gasteiger partial charge in [0.25, 0.3) is 0 Å². The zero-order valence-electron chi connectivity index (χ0n) is 19.7. The number of nitrogens with one attached hydrogen (secondary N) is 1. The van der Waals surface area contributed by atoms with E-state index in [1.54, 1.807) is 0 Å². The zero-order chi connectivity index (χ0) is 22.6. The van der Waals surface area contributed by atoms with Gasteiger partial charge in [-0.3, -0.25) is 0 Å². The number of ether oxygens (including phenoxy) is 1. The Morgan fingerprint density at radius 3 is 2.56 bits per heavy atom. The SMILES string of the molecule is O=C([O-])[C@@H]1C[C@@H]1c1ccc(NCc2cccc3c2CCCN3CCOc2ccccc2)cc1.[Na+]. The number of hydrogen-bond acceptors (Lipinski definition) is 5. The van der Waals surface area contributed by atoms with Gasteiger partial charge >= 0.3 is 29.6 Å². The van der Waals surface area contributed by atoms with E-state index in [2.05, 4.69) is 28.4 Å². The molecule has 1 N–H and O–H groups in total. The van der Waals surface area contributed by atoms with Gasteiger partial charge in [-0.25, -0.2) is 0 Å². The van der Waals surface area contributed by atoms with Crippen LogP contribution in [0.4, 0.5) is 11.4 Å². The second-order valence-electron chi connectivity index (χ2n) is 8.91. The third-order valence-corrected chi connectivity index (χ3v) is 6.73. The number of carbonyl (C=O) groups is 1. The molecule has 0 saturated heterocycles. The average molecular weight is 465 g/mol. The Morgan fingerprint density at radius 1 is 1.03 bits per heavy atom. The van der Waals surface area contributed by atoms with Crippen molar-refractivity contribution >= 4 is 17.3 Å². The first-order valence-corrected chi connectivity index (χ1v) is 11.8. The van der Waals surface area contributed by atoms with E-state index in [-0.39, 0.29) is 41.4 Å². The van der Waals surface area contributed by atoms with Crippen molar-refractivity contribution in [3.05, 3.63) is 89.5 Å². The van der Waals surface area contributed by atoms with E-state index in [1.807, 2.05) is 54.6 Å². The van der Waals surface area contributed by atoms with E-state index in [1.165, 1.54) is 16.8 Å². The monoisotopic (exact) mass is 464 g/mol. The number of carboxylic acid groups (broad SMARTS) is 1. The van der Waals surface area contributed by atoms with E-state index >= 15 is 0 Å². The molecule has 6 heteroatoms. The van der Waals surface area contributed by atoms with Crippen LogP contribution in [-0.2, 0) is 17.8 Å². The third-order valence-electron chi connectivity index (χ3n) is 6.73. The van der Waals surface area contributed by atoms with Crippen molar-refractivity contribution in [2.45, 2.75) is 31.7 Å². The van der Waals surface area contributed by atoms with Crippen molar-refractivity contribution in [3.63, 3.8) is 0 Å². The predicted octanol–water partition coefficient (Wildman–Crippen LogP) is 0.988. The number of rotatable bonds is 9. The van der Waals surface area contributed by atoms with Crippen molar-refractivity contribution < 1.29 is 44.2 Å². The Balaban J connectivity index is 0.00000274. The Morgan fingerprint density at radius 2 is 1.82 bits per heavy atom. The smallest absolute Gasteiger partial charge is 0.550 e. The van der Waals surface area contributed by atoms with Gasteiger partial charge in [-0.2, -0.15) is 0 Å². The molecule has 34 heavy (non-hydrogen) atoms. The summed E-state index contributed by atoms with van der Waals surface area (Å²) in [6.45, 7) is 3.35. The van der Waals surface area contributed by atoms with Gasteiger partial charge in [-0.1, -0.05) is 42.5 Å². The Kier molecular flexibility index (Phi) is 8.19. The molecule has 0 bridgehead atoms. The van der Waals surface area contributed by atoms with Crippen LogP contribution in [0, 0.1) is 5.92 Å². The van der Waals surface area contributed by atoms with Crippen LogP contribution in [0.1, 0.15) is 35.4 Å². The summed E-state index contributed by atoms with van der Waals surface area (Å²) >= 11 is 0. The summed E-state index contributed by atoms with van der Waals surface area (Å²) in [4.78, 5) is 13.4. The fourth-order valence-corrected chi connectivity index (χ4v) is 4.83. The molecule has 3 aromatic carbocycles. The summed E-state index contributed by atoms with van der Waals surface area (Å²) in [5.41, 5.74) is 6.19. The van der Waals surface area contributed by atoms with Gasteiger partial charge in [-0.15, -0.1) is 0 Å². The van der Waals surface area contributed by atoms with E-state index in [0.29, 0.717) is 13.0 Å². The Labute approximate surface area is 223 Å². The number of para-hydroxylation sites is 1. The van der Waals surface area contributed by atoms with Crippen LogP contribution in [0.25, 0.3) is 0 Å². The number of anilines is 2. The summed E-state index contributed by atoms with van der Waals surface area (Å²) in [6.07, 6.45) is 2.93. The topological polar surface area (TPSA) is 64.6 Å². The van der Waals surface area contributed by atoms with Gasteiger partial charge in [-0.05, 0) is 72.2 Å². The number of nitrogens with zero attached hydrogens (tertiary/aromatic N) is 1. The molecule has 1 heterocycles. The molecule has 5 nitrogen and oxygen atoms in total. The zero-order valence-corrected chi connectivity index (χ0v) is 21.7. The normalized spacial score (nSPS) is 18.4. The number of aliphatic carboxylic acids is 1. The molecule has 0 aromatic heterocycles. The third kappa shape index (κ3) is 5.77. The molecule has 2 atom stereocenters. The largest absolute Gasteiger partial charge is 1.00 e. The molecule has 1 fully saturated rings. The first-order chi connectivity index (χ1) is 16.2. The molecular formula is C28H29N2NaO3. The minimum absolute atomic E-state index is 0. The predicted molar refractivity (Wildman–Crippen MR) is 129 cm³/mol. The maximum atomic E-state index is 11.0. The van der Waals surface area contributed by atoms with Gasteiger partial charge in [0, 0.05) is 36.4 Å². The molecule has 1 aliphatic carbocycles. The van der Waals surface area contributed by atoms with Crippen LogP contribution in [0.3, 0.4) is 0 Å². The molecule has 3 aromatic rings. The van der Waals surface area contributed by atoms with Crippen LogP contribution in [0.15, 0.2) is 72.8 Å². The van der Waals surface area contributed by atoms with Crippen LogP contribution < -0.4 is 49.6 Å². The van der Waals surface area contributed by atoms with E-state index in [0.717, 1.165) is 49.5 Å². The fourth-order valence-electron chi connectivity index (χ4n) is 4.83. The fraction of sp³-hybridized carbons (Fsp3) is 0.321. The molecule has 1 aliphatic heterocycles. The number of carbonyl (C=O) groups excluding carboxylic acids is 1. The quantitative estimate of drug-likeness (QED) is 0.479. The van der Waals surface area contributed by atoms with Crippen LogP contribution in [0.2, 0.25) is 0 Å². The van der Waals surface area contributed by atoms with Gasteiger partial charge in [0.1, 0.15) is 12.4 Å². The van der Waals surface area contributed by atoms with E-state index in [9.17, 15) is 9.90 Å². The summed E-state index contributed by atoms with van der Waals surface area (Å²) in [5, 5.41) is 14.5. The maximum absolute atomic E-state index is 11.0. The Bertz CT molecular complexity index is 1100. The summed E-state index contributed by atoms with van der Waals surface area (Å²) in [7, 11) is 0. The van der Waals surface area contributed by atoms with Crippen molar-refractivity contribution in [1.82, 2.24) is 0 Å². The first-order valence-electron chi connectivity index (χ1n) is 11.8. The van der Waals surface area contributed by atoms with Gasteiger partial charge in [0.05, 0.1) is 6.54 Å². The first kappa shape index (κ1) is 24.6. The molecule has 0 radical (unpaired) electrons. The molecule has 0 spiro atoms. The molecule has 5 rings (SSSR count). The number of benzene rings is 3. The number of carboxylic acids is 1. The Hall–Kier alpha value is -2.47. The molecule has 1 saturated carbocycles. The van der Waals surface area contributed by atoms with Crippen molar-refractivity contribution in [1.29, 1.82) is 0 Å². The van der Waals surface area contributed by atoms with E-state index in [4.69, 9.17) is 4.74 Å². The second kappa shape index (κ2) is 11.3. The van der Waals surface area contributed by atoms with Crippen LogP contribution in [0.5, 0.6) is 5.75 Å². The van der Waals surface area contributed by atoms with Crippen molar-refractivity contribution in [2.75, 3.05) is 29.9 Å². The average Bonchev–Trinajstić information content (AvgIpc) is 3.65. The van der Waals surface area contributed by atoms with Gasteiger partial charge < -0.3 is 24.9 Å². The number of hydrogen-bond donors (Lipinski definition) is 1. The standard InChI is InChI=1S/C28H30N2O3.Na/c31-28(32)26-18-25(26)20-11-13-22(14-12-20)29-19-21-6-4-10-27-24(21)9-5-15-30(27)16-17-33-23-7-2-1-3-8-23;/h1-4,6-8,10-14,25-26,29H,5,9,15-19H2,(H,31,32);/q;+1/p-1/t25-,26-;/m1./s1. The minimum Gasteiger partial charge on any atom is -0.550 e. The van der Waals surface area contributed by atoms with Crippen LogP contribution >= 0.6 is 0 Å². The molecule has 0 amide bonds.